The van der Waals surface area contributed by atoms with Gasteiger partial charge in [-0.3, -0.25) is 0 Å². The molecule has 0 spiro atoms. The molecule has 4 heteroatoms. The van der Waals surface area contributed by atoms with Crippen LogP contribution in [0.15, 0.2) is 18.2 Å². The summed E-state index contributed by atoms with van der Waals surface area (Å²) in [5, 5.41) is 18.4. The van der Waals surface area contributed by atoms with E-state index in [1.165, 1.54) is 6.07 Å². The van der Waals surface area contributed by atoms with Gasteiger partial charge in [-0.25, -0.2) is 0 Å². The third kappa shape index (κ3) is 5.70. The van der Waals surface area contributed by atoms with Crippen molar-refractivity contribution in [2.75, 3.05) is 0 Å². The second-order valence-electron chi connectivity index (χ2n) is 3.09. The number of rotatable bonds is 2. The molecule has 0 saturated carbocycles. The van der Waals surface area contributed by atoms with Gasteiger partial charge in [0.15, 0.2) is 0 Å². The van der Waals surface area contributed by atoms with Crippen molar-refractivity contribution in [3.05, 3.63) is 23.8 Å². The van der Waals surface area contributed by atoms with Crippen LogP contribution in [0.5, 0.6) is 11.5 Å². The van der Waals surface area contributed by atoms with Crippen molar-refractivity contribution in [3.8, 4) is 11.5 Å². The van der Waals surface area contributed by atoms with Gasteiger partial charge >= 0.3 is 0 Å². The predicted octanol–water partition coefficient (Wildman–Crippen LogP) is 2.61. The Bertz CT molecular complexity index is 257. The first-order chi connectivity index (χ1) is 5.63. The molecule has 1 aromatic carbocycles. The maximum absolute atomic E-state index is 9.18. The van der Waals surface area contributed by atoms with Gasteiger partial charge in [0.25, 0.3) is 0 Å². The van der Waals surface area contributed by atoms with E-state index in [0.717, 1.165) is 12.0 Å². The summed E-state index contributed by atoms with van der Waals surface area (Å²) >= 11 is 0. The van der Waals surface area contributed by atoms with E-state index in [9.17, 15) is 10.2 Å². The molecule has 0 aliphatic carbocycles. The minimum atomic E-state index is 0. The summed E-state index contributed by atoms with van der Waals surface area (Å²) in [5.41, 5.74) is 0.981. The van der Waals surface area contributed by atoms with Gasteiger partial charge in [0, 0.05) is 94.2 Å². The first-order valence-electron chi connectivity index (χ1n) is 4.16. The summed E-state index contributed by atoms with van der Waals surface area (Å²) in [6.45, 7) is 4.14. The van der Waals surface area contributed by atoms with Crippen LogP contribution in [-0.4, -0.2) is 10.2 Å². The molecule has 1 rings (SSSR count). The SMILES string of the molecule is CCC(C)c1cc(O)cc(O)c1.[Ac].[Ac]. The Kier molecular flexibility index (Phi) is 11.4. The van der Waals surface area contributed by atoms with Crippen molar-refractivity contribution in [3.63, 3.8) is 0 Å². The number of phenols is 2. The fraction of sp³-hybridized carbons (Fsp3) is 0.400. The van der Waals surface area contributed by atoms with E-state index in [-0.39, 0.29) is 99.6 Å². The molecule has 0 bridgehead atoms. The molecule has 2 nitrogen and oxygen atoms in total. The van der Waals surface area contributed by atoms with E-state index in [2.05, 4.69) is 13.8 Å². The smallest absolute Gasteiger partial charge is 0.119 e. The Labute approximate surface area is 157 Å². The molecule has 1 aromatic rings. The quantitative estimate of drug-likeness (QED) is 0.535. The topological polar surface area (TPSA) is 40.5 Å². The normalized spacial score (nSPS) is 11.0. The Morgan fingerprint density at radius 2 is 1.50 bits per heavy atom. The third-order valence-electron chi connectivity index (χ3n) is 2.11. The van der Waals surface area contributed by atoms with Crippen LogP contribution in [0.3, 0.4) is 0 Å². The molecule has 2 radical (unpaired) electrons. The summed E-state index contributed by atoms with van der Waals surface area (Å²) in [4.78, 5) is 0. The zero-order valence-electron chi connectivity index (χ0n) is 8.57. The van der Waals surface area contributed by atoms with Gasteiger partial charge in [0.1, 0.15) is 11.5 Å². The Hall–Kier alpha value is 1.70. The van der Waals surface area contributed by atoms with Crippen LogP contribution in [0.1, 0.15) is 31.7 Å². The summed E-state index contributed by atoms with van der Waals surface area (Å²) < 4.78 is 0. The zero-order chi connectivity index (χ0) is 9.14. The van der Waals surface area contributed by atoms with Crippen LogP contribution in [0, 0.1) is 88.1 Å². The second-order valence-corrected chi connectivity index (χ2v) is 3.09. The maximum Gasteiger partial charge on any atom is 0.119 e. The van der Waals surface area contributed by atoms with Crippen LogP contribution in [0.2, 0.25) is 0 Å². The van der Waals surface area contributed by atoms with Crippen molar-refractivity contribution in [1.29, 1.82) is 0 Å². The van der Waals surface area contributed by atoms with Crippen LogP contribution in [0.4, 0.5) is 0 Å². The van der Waals surface area contributed by atoms with Gasteiger partial charge < -0.3 is 10.2 Å². The largest absolute Gasteiger partial charge is 0.508 e. The van der Waals surface area contributed by atoms with Gasteiger partial charge in [-0.2, -0.15) is 0 Å². The molecule has 2 N–H and O–H groups in total. The standard InChI is InChI=1S/C10H14O2.2Ac/c1-3-7(2)8-4-9(11)6-10(12)5-8;;/h4-7,11-12H,3H2,1-2H3;;. The fourth-order valence-corrected chi connectivity index (χ4v) is 1.14. The van der Waals surface area contributed by atoms with Crippen LogP contribution >= 0.6 is 0 Å². The third-order valence-corrected chi connectivity index (χ3v) is 2.11. The molecule has 14 heavy (non-hydrogen) atoms. The predicted molar refractivity (Wildman–Crippen MR) is 48.5 cm³/mol. The minimum Gasteiger partial charge on any atom is -0.508 e. The van der Waals surface area contributed by atoms with Crippen LogP contribution < -0.4 is 0 Å². The summed E-state index contributed by atoms with van der Waals surface area (Å²) in [7, 11) is 0. The van der Waals surface area contributed by atoms with Crippen molar-refractivity contribution in [2.45, 2.75) is 26.2 Å². The van der Waals surface area contributed by atoms with Crippen molar-refractivity contribution in [1.82, 2.24) is 0 Å². The molecule has 0 amide bonds. The minimum absolute atomic E-state index is 0. The molecule has 0 aliphatic rings. The van der Waals surface area contributed by atoms with E-state index >= 15 is 0 Å². The summed E-state index contributed by atoms with van der Waals surface area (Å²) in [6.07, 6.45) is 1.00. The van der Waals surface area contributed by atoms with Gasteiger partial charge in [0.05, 0.1) is 0 Å². The van der Waals surface area contributed by atoms with E-state index in [1.54, 1.807) is 12.1 Å². The molecule has 0 aliphatic heterocycles. The van der Waals surface area contributed by atoms with Crippen molar-refractivity contribution in [2.24, 2.45) is 0 Å². The molecular formula is C10H14Ac2O2. The molecule has 1 atom stereocenters. The maximum atomic E-state index is 9.18. The molecule has 72 valence electrons. The van der Waals surface area contributed by atoms with Gasteiger partial charge in [-0.05, 0) is 30.0 Å². The van der Waals surface area contributed by atoms with Gasteiger partial charge in [-0.15, -0.1) is 0 Å². The van der Waals surface area contributed by atoms with Crippen molar-refractivity contribution >= 4 is 0 Å². The molecule has 0 fully saturated rings. The molecular weight excluding hydrogens is 606 g/mol. The average Bonchev–Trinajstić information content (AvgIpc) is 2.01. The van der Waals surface area contributed by atoms with E-state index < -0.39 is 0 Å². The number of aromatic hydroxyl groups is 2. The second kappa shape index (κ2) is 8.81. The Balaban J connectivity index is 0. The summed E-state index contributed by atoms with van der Waals surface area (Å²) in [6, 6.07) is 4.72. The van der Waals surface area contributed by atoms with Crippen LogP contribution in [-0.2, 0) is 0 Å². The van der Waals surface area contributed by atoms with E-state index in [4.69, 9.17) is 0 Å². The average molecular weight is 620 g/mol. The zero-order valence-corrected chi connectivity index (χ0v) is 18.1. The van der Waals surface area contributed by atoms with Crippen LogP contribution in [0.25, 0.3) is 0 Å². The molecule has 0 saturated heterocycles. The monoisotopic (exact) mass is 620 g/mol. The van der Waals surface area contributed by atoms with E-state index in [0.29, 0.717) is 5.92 Å². The molecule has 1 unspecified atom stereocenters. The van der Waals surface area contributed by atoms with Gasteiger partial charge in [-0.1, -0.05) is 13.8 Å². The summed E-state index contributed by atoms with van der Waals surface area (Å²) in [5.74, 6) is 0.638. The first kappa shape index (κ1) is 18.1. The molecule has 0 aromatic heterocycles. The number of hydrogen-bond acceptors (Lipinski definition) is 2. The number of benzene rings is 1. The van der Waals surface area contributed by atoms with Crippen molar-refractivity contribution < 1.29 is 98.3 Å². The Morgan fingerprint density at radius 3 is 1.86 bits per heavy atom. The number of phenolic OH excluding ortho intramolecular Hbond substituents is 2. The first-order valence-corrected chi connectivity index (χ1v) is 4.16. The Morgan fingerprint density at radius 1 is 1.07 bits per heavy atom. The number of hydrogen-bond donors (Lipinski definition) is 2. The fourth-order valence-electron chi connectivity index (χ4n) is 1.14. The van der Waals surface area contributed by atoms with E-state index in [1.807, 2.05) is 0 Å². The van der Waals surface area contributed by atoms with Gasteiger partial charge in [0.2, 0.25) is 0 Å². The molecule has 0 heterocycles.